The third-order valence-electron chi connectivity index (χ3n) is 2.06. The van der Waals surface area contributed by atoms with E-state index in [1.807, 2.05) is 0 Å². The first-order valence-electron chi connectivity index (χ1n) is 5.28. The number of carbonyl (C=O) groups is 1. The number of rotatable bonds is 4. The average Bonchev–Trinajstić information content (AvgIpc) is 2.27. The summed E-state index contributed by atoms with van der Waals surface area (Å²) in [7, 11) is 0. The molecule has 0 aliphatic rings. The summed E-state index contributed by atoms with van der Waals surface area (Å²) in [6.45, 7) is 0.390. The zero-order chi connectivity index (χ0) is 13.8. The van der Waals surface area contributed by atoms with E-state index < -0.39 is 18.6 Å². The largest absolute Gasteiger partial charge is 0.406 e. The van der Waals surface area contributed by atoms with Gasteiger partial charge in [-0.1, -0.05) is 6.92 Å². The normalized spacial score (nSPS) is 11.3. The number of alkyl halides is 3. The van der Waals surface area contributed by atoms with Gasteiger partial charge in [-0.3, -0.25) is 4.79 Å². The Balaban J connectivity index is 2.85. The van der Waals surface area contributed by atoms with Gasteiger partial charge in [0.05, 0.1) is 0 Å². The number of aromatic nitrogens is 2. The van der Waals surface area contributed by atoms with Gasteiger partial charge in [0.1, 0.15) is 12.4 Å². The fourth-order valence-corrected chi connectivity index (χ4v) is 1.36. The molecule has 0 aromatic carbocycles. The van der Waals surface area contributed by atoms with E-state index in [4.69, 9.17) is 5.73 Å². The third kappa shape index (κ3) is 4.19. The number of amides is 1. The highest BCUT2D eigenvalue weighted by Gasteiger charge is 2.33. The highest BCUT2D eigenvalue weighted by molar-refractivity contribution is 5.92. The number of anilines is 1. The molecule has 0 unspecified atom stereocenters. The van der Waals surface area contributed by atoms with E-state index in [-0.39, 0.29) is 18.1 Å². The van der Waals surface area contributed by atoms with E-state index in [1.54, 1.807) is 6.92 Å². The first-order valence-corrected chi connectivity index (χ1v) is 5.28. The molecule has 18 heavy (non-hydrogen) atoms. The second-order valence-corrected chi connectivity index (χ2v) is 3.69. The lowest BCUT2D eigenvalue weighted by molar-refractivity contribution is -0.140. The van der Waals surface area contributed by atoms with Crippen molar-refractivity contribution in [1.82, 2.24) is 15.1 Å². The molecule has 0 spiro atoms. The zero-order valence-electron chi connectivity index (χ0n) is 9.74. The number of hydrogen-bond donors (Lipinski definition) is 1. The molecule has 5 nitrogen and oxygen atoms in total. The van der Waals surface area contributed by atoms with E-state index in [1.165, 1.54) is 12.1 Å². The molecular weight excluding hydrogens is 249 g/mol. The van der Waals surface area contributed by atoms with Crippen molar-refractivity contribution < 1.29 is 18.0 Å². The first-order chi connectivity index (χ1) is 8.33. The van der Waals surface area contributed by atoms with Crippen molar-refractivity contribution in [1.29, 1.82) is 0 Å². The summed E-state index contributed by atoms with van der Waals surface area (Å²) in [5.74, 6) is -0.703. The molecule has 0 radical (unpaired) electrons. The number of halogens is 3. The summed E-state index contributed by atoms with van der Waals surface area (Å²) in [5, 5.41) is 6.92. The summed E-state index contributed by atoms with van der Waals surface area (Å²) >= 11 is 0. The highest BCUT2D eigenvalue weighted by Crippen LogP contribution is 2.18. The van der Waals surface area contributed by atoms with E-state index in [2.05, 4.69) is 10.2 Å². The Morgan fingerprint density at radius 2 is 2.06 bits per heavy atom. The molecule has 2 N–H and O–H groups in total. The predicted molar refractivity (Wildman–Crippen MR) is 58.7 cm³/mol. The van der Waals surface area contributed by atoms with E-state index in [0.29, 0.717) is 11.3 Å². The minimum atomic E-state index is -4.44. The van der Waals surface area contributed by atoms with Gasteiger partial charge < -0.3 is 10.6 Å². The van der Waals surface area contributed by atoms with Gasteiger partial charge in [0, 0.05) is 6.54 Å². The first kappa shape index (κ1) is 14.2. The summed E-state index contributed by atoms with van der Waals surface area (Å²) in [6.07, 6.45) is -4.02. The van der Waals surface area contributed by atoms with Crippen LogP contribution in [0.5, 0.6) is 0 Å². The Bertz CT molecular complexity index is 405. The van der Waals surface area contributed by atoms with Crippen molar-refractivity contribution in [3.05, 3.63) is 17.8 Å². The Morgan fingerprint density at radius 1 is 1.39 bits per heavy atom. The van der Waals surface area contributed by atoms with Gasteiger partial charge in [0.15, 0.2) is 5.69 Å². The van der Waals surface area contributed by atoms with Crippen molar-refractivity contribution in [2.45, 2.75) is 19.5 Å². The quantitative estimate of drug-likeness (QED) is 0.891. The Labute approximate surface area is 102 Å². The van der Waals surface area contributed by atoms with Crippen LogP contribution < -0.4 is 5.73 Å². The minimum absolute atomic E-state index is 0.00436. The maximum absolute atomic E-state index is 12.3. The molecule has 8 heteroatoms. The molecule has 0 saturated carbocycles. The van der Waals surface area contributed by atoms with E-state index in [9.17, 15) is 18.0 Å². The number of hydrogen-bond acceptors (Lipinski definition) is 4. The Hall–Kier alpha value is -1.86. The molecule has 0 fully saturated rings. The average molecular weight is 262 g/mol. The van der Waals surface area contributed by atoms with Gasteiger partial charge in [0.25, 0.3) is 5.91 Å². The Kier molecular flexibility index (Phi) is 4.46. The predicted octanol–water partition coefficient (Wildman–Crippen LogP) is 1.47. The molecular formula is C10H13F3N4O. The fraction of sp³-hybridized carbons (Fsp3) is 0.500. The summed E-state index contributed by atoms with van der Waals surface area (Å²) < 4.78 is 37.0. The van der Waals surface area contributed by atoms with Gasteiger partial charge >= 0.3 is 6.18 Å². The molecule has 100 valence electrons. The molecule has 1 aromatic heterocycles. The van der Waals surface area contributed by atoms with Gasteiger partial charge in [-0.15, -0.1) is 10.2 Å². The number of nitrogens with zero attached hydrogens (tertiary/aromatic N) is 3. The third-order valence-corrected chi connectivity index (χ3v) is 2.06. The van der Waals surface area contributed by atoms with Gasteiger partial charge in [0.2, 0.25) is 0 Å². The lowest BCUT2D eigenvalue weighted by Crippen LogP contribution is -2.39. The standard InChI is InChI=1S/C10H13F3N4O/c1-2-5-17(6-10(11,12)13)9(18)7-3-4-8(14)16-15-7/h3-4H,2,5-6H2,1H3,(H2,14,16). The van der Waals surface area contributed by atoms with Crippen molar-refractivity contribution in [2.75, 3.05) is 18.8 Å². The number of nitrogen functional groups attached to an aromatic ring is 1. The molecule has 0 saturated heterocycles. The van der Waals surface area contributed by atoms with Crippen LogP contribution >= 0.6 is 0 Å². The fourth-order valence-electron chi connectivity index (χ4n) is 1.36. The smallest absolute Gasteiger partial charge is 0.382 e. The monoisotopic (exact) mass is 262 g/mol. The molecule has 1 aromatic rings. The van der Waals surface area contributed by atoms with Crippen LogP contribution in [0.1, 0.15) is 23.8 Å². The van der Waals surface area contributed by atoms with Crippen molar-refractivity contribution >= 4 is 11.7 Å². The van der Waals surface area contributed by atoms with Crippen LogP contribution in [0.4, 0.5) is 19.0 Å². The van der Waals surface area contributed by atoms with Crippen molar-refractivity contribution in [3.63, 3.8) is 0 Å². The molecule has 1 rings (SSSR count). The van der Waals surface area contributed by atoms with Crippen LogP contribution in [0, 0.1) is 0 Å². The molecule has 0 atom stereocenters. The number of carbonyl (C=O) groups excluding carboxylic acids is 1. The number of nitrogens with two attached hydrogens (primary N) is 1. The maximum atomic E-state index is 12.3. The molecule has 1 amide bonds. The molecule has 0 aliphatic heterocycles. The topological polar surface area (TPSA) is 72.1 Å². The van der Waals surface area contributed by atoms with E-state index in [0.717, 1.165) is 0 Å². The summed E-state index contributed by atoms with van der Waals surface area (Å²) in [5.41, 5.74) is 5.13. The van der Waals surface area contributed by atoms with Crippen LogP contribution in [0.25, 0.3) is 0 Å². The summed E-state index contributed by atoms with van der Waals surface area (Å²) in [6, 6.07) is 2.57. The summed E-state index contributed by atoms with van der Waals surface area (Å²) in [4.78, 5) is 12.5. The van der Waals surface area contributed by atoms with Gasteiger partial charge in [-0.05, 0) is 18.6 Å². The van der Waals surface area contributed by atoms with Gasteiger partial charge in [-0.2, -0.15) is 13.2 Å². The molecule has 1 heterocycles. The lowest BCUT2D eigenvalue weighted by Gasteiger charge is -2.22. The van der Waals surface area contributed by atoms with Crippen molar-refractivity contribution in [2.24, 2.45) is 0 Å². The molecule has 0 aliphatic carbocycles. The SMILES string of the molecule is CCCN(CC(F)(F)F)C(=O)c1ccc(N)nn1. The van der Waals surface area contributed by atoms with Crippen LogP contribution in [0.2, 0.25) is 0 Å². The van der Waals surface area contributed by atoms with Gasteiger partial charge in [-0.25, -0.2) is 0 Å². The zero-order valence-corrected chi connectivity index (χ0v) is 9.74. The van der Waals surface area contributed by atoms with Crippen LogP contribution in [0.3, 0.4) is 0 Å². The van der Waals surface area contributed by atoms with E-state index >= 15 is 0 Å². The van der Waals surface area contributed by atoms with Crippen LogP contribution in [-0.2, 0) is 0 Å². The van der Waals surface area contributed by atoms with Crippen LogP contribution in [0.15, 0.2) is 12.1 Å². The second-order valence-electron chi connectivity index (χ2n) is 3.69. The Morgan fingerprint density at radius 3 is 2.50 bits per heavy atom. The maximum Gasteiger partial charge on any atom is 0.406 e. The second kappa shape index (κ2) is 5.65. The minimum Gasteiger partial charge on any atom is -0.382 e. The van der Waals surface area contributed by atoms with Crippen LogP contribution in [-0.4, -0.2) is 40.3 Å². The highest BCUT2D eigenvalue weighted by atomic mass is 19.4. The molecule has 0 bridgehead atoms. The van der Waals surface area contributed by atoms with Crippen molar-refractivity contribution in [3.8, 4) is 0 Å². The lowest BCUT2D eigenvalue weighted by atomic mass is 10.3.